The van der Waals surface area contributed by atoms with E-state index in [0.29, 0.717) is 12.8 Å². The first-order valence-corrected chi connectivity index (χ1v) is 6.81. The molecular weight excluding hydrogens is 275 g/mol. The van der Waals surface area contributed by atoms with Crippen molar-refractivity contribution >= 4 is 16.1 Å². The SMILES string of the molecule is NS(=O)(=O)C1CCCN(C(=O)NCC(F)(F)F)C1. The number of alkyl halides is 3. The third-order valence-corrected chi connectivity index (χ3v) is 3.88. The highest BCUT2D eigenvalue weighted by Gasteiger charge is 2.32. The second kappa shape index (κ2) is 5.31. The van der Waals surface area contributed by atoms with Crippen LogP contribution in [-0.4, -0.2) is 50.4 Å². The molecule has 1 heterocycles. The highest BCUT2D eigenvalue weighted by atomic mass is 32.2. The minimum absolute atomic E-state index is 0.178. The number of nitrogens with one attached hydrogen (secondary N) is 1. The van der Waals surface area contributed by atoms with Crippen LogP contribution >= 0.6 is 0 Å². The number of nitrogens with zero attached hydrogens (tertiary/aromatic N) is 1. The maximum Gasteiger partial charge on any atom is 0.405 e. The minimum Gasteiger partial charge on any atom is -0.329 e. The molecule has 106 valence electrons. The summed E-state index contributed by atoms with van der Waals surface area (Å²) in [5.74, 6) is 0. The van der Waals surface area contributed by atoms with Crippen molar-refractivity contribution in [2.24, 2.45) is 5.14 Å². The van der Waals surface area contributed by atoms with Crippen molar-refractivity contribution in [2.45, 2.75) is 24.3 Å². The summed E-state index contributed by atoms with van der Waals surface area (Å²) in [6, 6.07) is -0.930. The van der Waals surface area contributed by atoms with Crippen LogP contribution in [0.2, 0.25) is 0 Å². The Labute approximate surface area is 102 Å². The Balaban J connectivity index is 2.54. The van der Waals surface area contributed by atoms with Crippen molar-refractivity contribution in [1.29, 1.82) is 0 Å². The molecule has 10 heteroatoms. The summed E-state index contributed by atoms with van der Waals surface area (Å²) in [7, 11) is -3.78. The zero-order chi connectivity index (χ0) is 14.0. The van der Waals surface area contributed by atoms with Crippen LogP contribution in [0.4, 0.5) is 18.0 Å². The molecule has 1 saturated heterocycles. The summed E-state index contributed by atoms with van der Waals surface area (Å²) in [5.41, 5.74) is 0. The van der Waals surface area contributed by atoms with Gasteiger partial charge in [-0.1, -0.05) is 0 Å². The largest absolute Gasteiger partial charge is 0.405 e. The number of urea groups is 1. The van der Waals surface area contributed by atoms with Gasteiger partial charge in [0.25, 0.3) is 0 Å². The molecule has 0 spiro atoms. The number of carbonyl (C=O) groups excluding carboxylic acids is 1. The predicted octanol–water partition coefficient (Wildman–Crippen LogP) is 0.0112. The van der Waals surface area contributed by atoms with Gasteiger partial charge in [0.15, 0.2) is 0 Å². The van der Waals surface area contributed by atoms with Gasteiger partial charge in [0.2, 0.25) is 10.0 Å². The van der Waals surface area contributed by atoms with Gasteiger partial charge in [-0.25, -0.2) is 18.4 Å². The van der Waals surface area contributed by atoms with Crippen LogP contribution in [0.5, 0.6) is 0 Å². The molecule has 0 aromatic rings. The summed E-state index contributed by atoms with van der Waals surface area (Å²) in [5, 5.41) is 5.73. The van der Waals surface area contributed by atoms with E-state index in [1.54, 1.807) is 5.32 Å². The molecule has 1 atom stereocenters. The molecule has 0 saturated carbocycles. The normalized spacial score (nSPS) is 21.8. The number of hydrogen-bond donors (Lipinski definition) is 2. The first-order valence-electron chi connectivity index (χ1n) is 5.21. The van der Waals surface area contributed by atoms with Crippen molar-refractivity contribution in [3.8, 4) is 0 Å². The molecule has 1 aliphatic heterocycles. The number of carbonyl (C=O) groups is 1. The topological polar surface area (TPSA) is 92.5 Å². The molecule has 0 radical (unpaired) electrons. The fraction of sp³-hybridized carbons (Fsp3) is 0.875. The van der Waals surface area contributed by atoms with Gasteiger partial charge < -0.3 is 10.2 Å². The smallest absolute Gasteiger partial charge is 0.329 e. The third kappa shape index (κ3) is 4.69. The van der Waals surface area contributed by atoms with Gasteiger partial charge in [-0.3, -0.25) is 0 Å². The van der Waals surface area contributed by atoms with Gasteiger partial charge in [-0.05, 0) is 12.8 Å². The number of primary sulfonamides is 1. The fourth-order valence-electron chi connectivity index (χ4n) is 1.68. The van der Waals surface area contributed by atoms with Crippen molar-refractivity contribution in [1.82, 2.24) is 10.2 Å². The summed E-state index contributed by atoms with van der Waals surface area (Å²) >= 11 is 0. The maximum absolute atomic E-state index is 11.9. The van der Waals surface area contributed by atoms with Crippen molar-refractivity contribution < 1.29 is 26.4 Å². The van der Waals surface area contributed by atoms with Crippen LogP contribution in [0.25, 0.3) is 0 Å². The van der Waals surface area contributed by atoms with Crippen LogP contribution in [-0.2, 0) is 10.0 Å². The molecule has 1 aliphatic rings. The average molecular weight is 289 g/mol. The Kier molecular flexibility index (Phi) is 4.43. The van der Waals surface area contributed by atoms with Gasteiger partial charge in [0, 0.05) is 13.1 Å². The molecule has 1 rings (SSSR count). The summed E-state index contributed by atoms with van der Waals surface area (Å²) in [4.78, 5) is 12.4. The number of nitrogens with two attached hydrogens (primary N) is 1. The summed E-state index contributed by atoms with van der Waals surface area (Å²) in [6.07, 6.45) is -3.80. The van der Waals surface area contributed by atoms with Gasteiger partial charge in [-0.15, -0.1) is 0 Å². The number of halogens is 3. The molecule has 0 bridgehead atoms. The summed E-state index contributed by atoms with van der Waals surface area (Å²) < 4.78 is 57.9. The summed E-state index contributed by atoms with van der Waals surface area (Å²) in [6.45, 7) is -1.40. The molecule has 0 aromatic heterocycles. The van der Waals surface area contributed by atoms with Crippen LogP contribution in [0.3, 0.4) is 0 Å². The number of sulfonamides is 1. The van der Waals surface area contributed by atoms with Gasteiger partial charge in [-0.2, -0.15) is 13.2 Å². The molecule has 1 fully saturated rings. The highest BCUT2D eigenvalue weighted by Crippen LogP contribution is 2.16. The molecule has 6 nitrogen and oxygen atoms in total. The second-order valence-corrected chi connectivity index (χ2v) is 5.92. The lowest BCUT2D eigenvalue weighted by atomic mass is 10.1. The monoisotopic (exact) mass is 289 g/mol. The van der Waals surface area contributed by atoms with E-state index in [9.17, 15) is 26.4 Å². The lowest BCUT2D eigenvalue weighted by molar-refractivity contribution is -0.123. The second-order valence-electron chi connectivity index (χ2n) is 4.07. The highest BCUT2D eigenvalue weighted by molar-refractivity contribution is 7.89. The lowest BCUT2D eigenvalue weighted by Gasteiger charge is -2.31. The van der Waals surface area contributed by atoms with Crippen LogP contribution in [0.15, 0.2) is 0 Å². The van der Waals surface area contributed by atoms with Gasteiger partial charge in [0.05, 0.1) is 5.25 Å². The van der Waals surface area contributed by atoms with Crippen molar-refractivity contribution in [3.05, 3.63) is 0 Å². The lowest BCUT2D eigenvalue weighted by Crippen LogP contribution is -2.51. The zero-order valence-corrected chi connectivity index (χ0v) is 10.2. The Morgan fingerprint density at radius 1 is 1.44 bits per heavy atom. The first-order chi connectivity index (χ1) is 8.09. The maximum atomic E-state index is 11.9. The van der Waals surface area contributed by atoms with Crippen molar-refractivity contribution in [3.63, 3.8) is 0 Å². The Bertz CT molecular complexity index is 410. The minimum atomic E-state index is -4.50. The molecule has 0 aromatic carbocycles. The van der Waals surface area contributed by atoms with Gasteiger partial charge >= 0.3 is 12.2 Å². The van der Waals surface area contributed by atoms with E-state index < -0.39 is 34.0 Å². The molecule has 18 heavy (non-hydrogen) atoms. The van der Waals surface area contributed by atoms with Crippen LogP contribution < -0.4 is 10.5 Å². The quantitative estimate of drug-likeness (QED) is 0.750. The number of hydrogen-bond acceptors (Lipinski definition) is 3. The van der Waals surface area contributed by atoms with E-state index >= 15 is 0 Å². The third-order valence-electron chi connectivity index (χ3n) is 2.57. The number of rotatable bonds is 2. The average Bonchev–Trinajstić information content (AvgIpc) is 2.24. The van der Waals surface area contributed by atoms with E-state index in [2.05, 4.69) is 0 Å². The predicted molar refractivity (Wildman–Crippen MR) is 57.2 cm³/mol. The molecular formula is C8H14F3N3O3S. The van der Waals surface area contributed by atoms with Crippen molar-refractivity contribution in [2.75, 3.05) is 19.6 Å². The van der Waals surface area contributed by atoms with Crippen LogP contribution in [0, 0.1) is 0 Å². The van der Waals surface area contributed by atoms with E-state index in [0.717, 1.165) is 4.90 Å². The van der Waals surface area contributed by atoms with E-state index in [1.165, 1.54) is 0 Å². The van der Waals surface area contributed by atoms with Gasteiger partial charge in [0.1, 0.15) is 6.54 Å². The van der Waals surface area contributed by atoms with E-state index in [-0.39, 0.29) is 13.1 Å². The molecule has 3 N–H and O–H groups in total. The molecule has 0 aliphatic carbocycles. The standard InChI is InChI=1S/C8H14F3N3O3S/c9-8(10,11)5-13-7(15)14-3-1-2-6(4-14)18(12,16)17/h6H,1-5H2,(H,13,15)(H2,12,16,17). The zero-order valence-electron chi connectivity index (χ0n) is 9.40. The number of piperidine rings is 1. The van der Waals surface area contributed by atoms with Crippen LogP contribution in [0.1, 0.15) is 12.8 Å². The Morgan fingerprint density at radius 2 is 2.06 bits per heavy atom. The fourth-order valence-corrected chi connectivity index (χ4v) is 2.56. The number of amides is 2. The van der Waals surface area contributed by atoms with E-state index in [1.807, 2.05) is 0 Å². The Hall–Kier alpha value is -1.03. The number of likely N-dealkylation sites (tertiary alicyclic amines) is 1. The molecule has 1 unspecified atom stereocenters. The van der Waals surface area contributed by atoms with E-state index in [4.69, 9.17) is 5.14 Å². The Morgan fingerprint density at radius 3 is 2.56 bits per heavy atom. The molecule has 2 amide bonds. The first kappa shape index (κ1) is 15.0.